The minimum atomic E-state index is -0.706. The van der Waals surface area contributed by atoms with Gasteiger partial charge in [-0.15, -0.1) is 0 Å². The van der Waals surface area contributed by atoms with E-state index in [1.807, 2.05) is 68.6 Å². The Morgan fingerprint density at radius 3 is 2.25 bits per heavy atom. The third kappa shape index (κ3) is 11.9. The van der Waals surface area contributed by atoms with Crippen molar-refractivity contribution in [2.45, 2.75) is 82.5 Å². The van der Waals surface area contributed by atoms with Gasteiger partial charge in [0.2, 0.25) is 0 Å². The molecule has 0 spiro atoms. The topological polar surface area (TPSA) is 115 Å². The third-order valence-corrected chi connectivity index (χ3v) is 11.6. The molecule has 10 heteroatoms. The molecule has 5 N–H and O–H groups in total. The number of ether oxygens (including phenoxy) is 3. The highest BCUT2D eigenvalue weighted by atomic mass is 35.5. The number of nitrogens with two attached hydrogens (primary N) is 1. The molecular formula is C45H57Cl2N3O5. The molecule has 4 atom stereocenters. The van der Waals surface area contributed by atoms with Gasteiger partial charge in [-0.05, 0) is 98.1 Å². The molecule has 0 unspecified atom stereocenters. The minimum absolute atomic E-state index is 0.0270. The highest BCUT2D eigenvalue weighted by Gasteiger charge is 2.33. The molecule has 1 aliphatic heterocycles. The molecule has 4 aromatic rings. The first-order chi connectivity index (χ1) is 26.8. The summed E-state index contributed by atoms with van der Waals surface area (Å²) in [6.07, 6.45) is 7.83. The lowest BCUT2D eigenvalue weighted by molar-refractivity contribution is -0.140. The van der Waals surface area contributed by atoms with Gasteiger partial charge in [0.15, 0.2) is 17.6 Å². The summed E-state index contributed by atoms with van der Waals surface area (Å²) in [4.78, 5) is 10.6. The Balaban J connectivity index is 0.000000166. The van der Waals surface area contributed by atoms with Crippen LogP contribution < -0.4 is 25.8 Å². The predicted molar refractivity (Wildman–Crippen MR) is 223 cm³/mol. The van der Waals surface area contributed by atoms with Gasteiger partial charge in [-0.1, -0.05) is 115 Å². The van der Waals surface area contributed by atoms with Gasteiger partial charge < -0.3 is 35.7 Å². The molecule has 1 saturated heterocycles. The van der Waals surface area contributed by atoms with E-state index >= 15 is 0 Å². The van der Waals surface area contributed by atoms with E-state index in [0.717, 1.165) is 68.7 Å². The van der Waals surface area contributed by atoms with Crippen molar-refractivity contribution < 1.29 is 24.1 Å². The number of carboxylic acid groups (broad SMARTS) is 1. The van der Waals surface area contributed by atoms with Gasteiger partial charge in [-0.25, -0.2) is 0 Å². The summed E-state index contributed by atoms with van der Waals surface area (Å²) in [5.41, 5.74) is 10.7. The second-order valence-electron chi connectivity index (χ2n) is 14.6. The number of nitrogens with one attached hydrogen (secondary N) is 2. The van der Waals surface area contributed by atoms with Crippen molar-refractivity contribution in [1.29, 1.82) is 0 Å². The van der Waals surface area contributed by atoms with Crippen molar-refractivity contribution in [2.75, 3.05) is 39.9 Å². The Bertz CT molecular complexity index is 1760. The first kappa shape index (κ1) is 42.5. The molecule has 3 aliphatic rings. The van der Waals surface area contributed by atoms with Gasteiger partial charge in [-0.2, -0.15) is 0 Å². The van der Waals surface area contributed by atoms with Crippen LogP contribution in [0.15, 0.2) is 97.1 Å². The lowest BCUT2D eigenvalue weighted by Gasteiger charge is -2.34. The summed E-state index contributed by atoms with van der Waals surface area (Å²) in [7, 11) is 2.03. The van der Waals surface area contributed by atoms with Gasteiger partial charge in [0.25, 0.3) is 0 Å². The first-order valence-corrected chi connectivity index (χ1v) is 20.4. The fraction of sp³-hybridized carbons (Fsp3) is 0.444. The van der Waals surface area contributed by atoms with Crippen LogP contribution in [0.3, 0.4) is 0 Å². The first-order valence-electron chi connectivity index (χ1n) is 19.7. The van der Waals surface area contributed by atoms with Crippen LogP contribution in [0.1, 0.15) is 98.6 Å². The van der Waals surface area contributed by atoms with Gasteiger partial charge in [0.05, 0.1) is 29.7 Å². The molecule has 2 aliphatic carbocycles. The largest absolute Gasteiger partial charge is 0.490 e. The van der Waals surface area contributed by atoms with E-state index in [0.29, 0.717) is 41.8 Å². The molecule has 8 nitrogen and oxygen atoms in total. The quantitative estimate of drug-likeness (QED) is 0.119. The second kappa shape index (κ2) is 21.6. The average molecular weight is 791 g/mol. The molecule has 7 rings (SSSR count). The van der Waals surface area contributed by atoms with Crippen LogP contribution in [0.2, 0.25) is 10.0 Å². The lowest BCUT2D eigenvalue weighted by Crippen LogP contribution is -2.43. The average Bonchev–Trinajstić information content (AvgIpc) is 3.22. The molecule has 4 aromatic carbocycles. The van der Waals surface area contributed by atoms with Crippen LogP contribution in [0.25, 0.3) is 0 Å². The van der Waals surface area contributed by atoms with Crippen molar-refractivity contribution in [1.82, 2.24) is 10.6 Å². The van der Waals surface area contributed by atoms with E-state index in [1.165, 1.54) is 23.1 Å². The van der Waals surface area contributed by atoms with Gasteiger partial charge in [-0.3, -0.25) is 4.79 Å². The Hall–Kier alpha value is -3.63. The number of fused-ring (bicyclic) bond motifs is 1. The molecule has 55 heavy (non-hydrogen) atoms. The van der Waals surface area contributed by atoms with Crippen LogP contribution in [0.4, 0.5) is 0 Å². The molecule has 0 bridgehead atoms. The van der Waals surface area contributed by atoms with Crippen molar-refractivity contribution in [3.63, 3.8) is 0 Å². The van der Waals surface area contributed by atoms with Crippen LogP contribution in [0.5, 0.6) is 11.5 Å². The molecule has 2 fully saturated rings. The zero-order valence-corrected chi connectivity index (χ0v) is 33.7. The minimum Gasteiger partial charge on any atom is -0.490 e. The van der Waals surface area contributed by atoms with Gasteiger partial charge in [0.1, 0.15) is 6.10 Å². The van der Waals surface area contributed by atoms with Crippen LogP contribution >= 0.6 is 23.2 Å². The van der Waals surface area contributed by atoms with Crippen LogP contribution in [-0.2, 0) is 9.53 Å². The zero-order chi connectivity index (χ0) is 39.0. The number of hydrogen-bond donors (Lipinski definition) is 4. The number of carboxylic acids is 1. The van der Waals surface area contributed by atoms with E-state index in [4.69, 9.17) is 48.3 Å². The molecular weight excluding hydrogens is 733 g/mol. The Morgan fingerprint density at radius 2 is 1.62 bits per heavy atom. The highest BCUT2D eigenvalue weighted by molar-refractivity contribution is 6.42. The summed E-state index contributed by atoms with van der Waals surface area (Å²) >= 11 is 12.2. The number of morpholine rings is 1. The maximum absolute atomic E-state index is 10.6. The maximum atomic E-state index is 10.6. The molecule has 296 valence electrons. The number of aliphatic carboxylic acids is 1. The number of benzene rings is 4. The second-order valence-corrected chi connectivity index (χ2v) is 15.4. The lowest BCUT2D eigenvalue weighted by atomic mass is 9.72. The molecule has 0 aromatic heterocycles. The van der Waals surface area contributed by atoms with E-state index in [9.17, 15) is 4.79 Å². The Morgan fingerprint density at radius 1 is 0.927 bits per heavy atom. The fourth-order valence-corrected chi connectivity index (χ4v) is 8.29. The van der Waals surface area contributed by atoms with E-state index < -0.39 is 5.97 Å². The number of rotatable bonds is 11. The van der Waals surface area contributed by atoms with Crippen molar-refractivity contribution in [3.8, 4) is 11.5 Å². The van der Waals surface area contributed by atoms with E-state index in [1.54, 1.807) is 0 Å². The van der Waals surface area contributed by atoms with Crippen LogP contribution in [-0.4, -0.2) is 57.1 Å². The fourth-order valence-electron chi connectivity index (χ4n) is 7.98. The summed E-state index contributed by atoms with van der Waals surface area (Å²) < 4.78 is 18.0. The molecule has 0 amide bonds. The van der Waals surface area contributed by atoms with Gasteiger partial charge >= 0.3 is 5.97 Å². The molecule has 1 saturated carbocycles. The van der Waals surface area contributed by atoms with Crippen molar-refractivity contribution >= 4 is 29.2 Å². The number of hydrogen-bond acceptors (Lipinski definition) is 7. The summed E-state index contributed by atoms with van der Waals surface area (Å²) in [5, 5.41) is 16.7. The Kier molecular flexibility index (Phi) is 16.7. The standard InChI is InChI=1S/C19H23NO3.C17H17Cl2N.C9H17NO2/c1-2-21-16-10-6-7-11-17(16)23-19(15-8-4-3-5-9-15)18-14-20-12-13-22-18;1-20-17-9-7-12(13-4-2-3-5-14(13)17)11-6-8-15(18)16(19)10-11;10-7-9(6-8(11)12)4-2-1-3-5-9/h3-11,18-20H,2,12-14H2,1H3;2-6,8,10,12,17,20H,7,9H2,1H3;1-7,10H2,(H,11,12)/t18-,19-;12-,17-;/m00./s1. The van der Waals surface area contributed by atoms with E-state index in [2.05, 4.69) is 53.1 Å². The Labute approximate surface area is 337 Å². The summed E-state index contributed by atoms with van der Waals surface area (Å²) in [6.45, 7) is 5.46. The van der Waals surface area contributed by atoms with Crippen LogP contribution in [0, 0.1) is 5.41 Å². The van der Waals surface area contributed by atoms with Crippen molar-refractivity contribution in [2.24, 2.45) is 11.1 Å². The predicted octanol–water partition coefficient (Wildman–Crippen LogP) is 9.74. The maximum Gasteiger partial charge on any atom is 0.303 e. The summed E-state index contributed by atoms with van der Waals surface area (Å²) in [5.74, 6) is 1.21. The number of halogens is 2. The monoisotopic (exact) mass is 789 g/mol. The van der Waals surface area contributed by atoms with E-state index in [-0.39, 0.29) is 24.0 Å². The molecule has 0 radical (unpaired) electrons. The van der Waals surface area contributed by atoms with Gasteiger partial charge in [0, 0.05) is 25.0 Å². The number of carbonyl (C=O) groups is 1. The zero-order valence-electron chi connectivity index (χ0n) is 32.2. The smallest absolute Gasteiger partial charge is 0.303 e. The SMILES string of the molecule is CCOc1ccccc1O[C@@H](c1ccccc1)[C@@H]1CNCCO1.CN[C@H]1CC[C@@H](c2ccc(Cl)c(Cl)c2)c2ccccc21.NCC1(CC(=O)O)CCCCC1. The van der Waals surface area contributed by atoms with Crippen molar-refractivity contribution in [3.05, 3.63) is 129 Å². The third-order valence-electron chi connectivity index (χ3n) is 10.9. The summed E-state index contributed by atoms with van der Waals surface area (Å²) in [6, 6.07) is 33.1. The number of para-hydroxylation sites is 2. The normalized spacial score (nSPS) is 20.6. The highest BCUT2D eigenvalue weighted by Crippen LogP contribution is 2.42. The molecule has 1 heterocycles.